The van der Waals surface area contributed by atoms with Crippen LogP contribution < -0.4 is 10.1 Å². The van der Waals surface area contributed by atoms with Crippen LogP contribution in [0.4, 0.5) is 23.7 Å². The van der Waals surface area contributed by atoms with Crippen molar-refractivity contribution in [2.24, 2.45) is 5.92 Å². The highest BCUT2D eigenvalue weighted by Crippen LogP contribution is 2.30. The molecule has 0 saturated heterocycles. The van der Waals surface area contributed by atoms with Gasteiger partial charge in [0.2, 0.25) is 5.88 Å². The Morgan fingerprint density at radius 3 is 2.56 bits per heavy atom. The van der Waals surface area contributed by atoms with Gasteiger partial charge in [0.15, 0.2) is 0 Å². The molecule has 0 aliphatic carbocycles. The number of urea groups is 1. The number of halogens is 3. The van der Waals surface area contributed by atoms with Crippen LogP contribution in [0.15, 0.2) is 36.5 Å². The van der Waals surface area contributed by atoms with Crippen molar-refractivity contribution < 1.29 is 37.7 Å². The van der Waals surface area contributed by atoms with Gasteiger partial charge in [0, 0.05) is 37.0 Å². The minimum absolute atomic E-state index is 0.0332. The van der Waals surface area contributed by atoms with E-state index in [0.29, 0.717) is 5.56 Å². The minimum atomic E-state index is -4.48. The molecular weight excluding hydrogens is 517 g/mol. The number of ether oxygens (including phenoxy) is 1. The minimum Gasteiger partial charge on any atom is -0.472 e. The average molecular weight is 549 g/mol. The molecule has 12 heteroatoms. The third-order valence-electron chi connectivity index (χ3n) is 6.21. The van der Waals surface area contributed by atoms with Crippen molar-refractivity contribution in [1.29, 1.82) is 0 Å². The summed E-state index contributed by atoms with van der Waals surface area (Å²) in [4.78, 5) is 33.3. The summed E-state index contributed by atoms with van der Waals surface area (Å²) >= 11 is 0. The van der Waals surface area contributed by atoms with Crippen molar-refractivity contribution in [2.75, 3.05) is 32.1 Å². The Morgan fingerprint density at radius 1 is 1.31 bits per heavy atom. The summed E-state index contributed by atoms with van der Waals surface area (Å²) in [7, 11) is 1.51. The predicted octanol–water partition coefficient (Wildman–Crippen LogP) is 3.22. The quantitative estimate of drug-likeness (QED) is 0.495. The molecule has 210 valence electrons. The maximum atomic E-state index is 13.4. The Morgan fingerprint density at radius 2 is 1.97 bits per heavy atom. The second-order valence-electron chi connectivity index (χ2n) is 9.53. The van der Waals surface area contributed by atoms with Gasteiger partial charge >= 0.3 is 12.2 Å². The second-order valence-corrected chi connectivity index (χ2v) is 9.53. The van der Waals surface area contributed by atoms with E-state index >= 15 is 0 Å². The lowest BCUT2D eigenvalue weighted by molar-refractivity contribution is -0.137. The zero-order valence-electron chi connectivity index (χ0n) is 22.0. The third-order valence-corrected chi connectivity index (χ3v) is 6.21. The maximum Gasteiger partial charge on any atom is 0.416 e. The second kappa shape index (κ2) is 12.4. The highest BCUT2D eigenvalue weighted by Gasteiger charge is 2.35. The van der Waals surface area contributed by atoms with E-state index in [1.165, 1.54) is 48.2 Å². The zero-order chi connectivity index (χ0) is 28.9. The first kappa shape index (κ1) is 29.7. The summed E-state index contributed by atoms with van der Waals surface area (Å²) in [6.45, 7) is 5.05. The number of amides is 3. The van der Waals surface area contributed by atoms with Gasteiger partial charge in [0.25, 0.3) is 5.91 Å². The molecule has 4 atom stereocenters. The Kier molecular flexibility index (Phi) is 9.42. The van der Waals surface area contributed by atoms with Crippen molar-refractivity contribution >= 4 is 17.6 Å². The fourth-order valence-electron chi connectivity index (χ4n) is 3.89. The van der Waals surface area contributed by atoms with Crippen molar-refractivity contribution in [3.63, 3.8) is 0 Å². The summed E-state index contributed by atoms with van der Waals surface area (Å²) < 4.78 is 44.6. The molecule has 3 rings (SSSR count). The molecule has 3 amide bonds. The van der Waals surface area contributed by atoms with Gasteiger partial charge in [-0.05, 0) is 44.2 Å². The fraction of sp³-hybridized carbons (Fsp3) is 0.444. The summed E-state index contributed by atoms with van der Waals surface area (Å²) in [5.74, 6) is 4.68. The summed E-state index contributed by atoms with van der Waals surface area (Å²) in [5, 5.41) is 21.8. The van der Waals surface area contributed by atoms with Crippen LogP contribution in [0.1, 0.15) is 42.3 Å². The van der Waals surface area contributed by atoms with Gasteiger partial charge in [0.1, 0.15) is 17.8 Å². The number of aliphatic hydroxyl groups excluding tert-OH is 2. The molecule has 0 bridgehead atoms. The van der Waals surface area contributed by atoms with Crippen LogP contribution in [0.3, 0.4) is 0 Å². The monoisotopic (exact) mass is 548 g/mol. The number of hydrogen-bond acceptors (Lipinski definition) is 6. The molecule has 1 aromatic heterocycles. The zero-order valence-corrected chi connectivity index (χ0v) is 22.0. The normalized spacial score (nSPS) is 18.9. The number of pyridine rings is 1. The first-order valence-electron chi connectivity index (χ1n) is 12.3. The fourth-order valence-corrected chi connectivity index (χ4v) is 3.89. The molecule has 39 heavy (non-hydrogen) atoms. The number of carbonyl (C=O) groups excluding carboxylic acids is 2. The SMILES string of the molecule is C[C@@H]1CN([C@@H](C)CO)C(=O)c2cc(C#C[C@@H](C)O)cnc2O[C@@H]1CN(C)C(=O)Nc1ccc(C(F)(F)F)cc1. The molecule has 2 aromatic rings. The molecule has 2 heterocycles. The topological polar surface area (TPSA) is 115 Å². The van der Waals surface area contributed by atoms with E-state index in [2.05, 4.69) is 22.1 Å². The maximum absolute atomic E-state index is 13.4. The number of nitrogens with one attached hydrogen (secondary N) is 1. The van der Waals surface area contributed by atoms with Crippen molar-refractivity contribution in [3.8, 4) is 17.7 Å². The summed E-state index contributed by atoms with van der Waals surface area (Å²) in [6, 6.07) is 4.52. The number of nitrogens with zero attached hydrogens (tertiary/aromatic N) is 3. The number of rotatable bonds is 5. The molecule has 0 unspecified atom stereocenters. The van der Waals surface area contributed by atoms with E-state index in [1.54, 1.807) is 6.92 Å². The molecule has 1 aromatic carbocycles. The number of benzene rings is 1. The number of alkyl halides is 3. The molecule has 1 aliphatic heterocycles. The van der Waals surface area contributed by atoms with Crippen molar-refractivity contribution in [2.45, 2.75) is 45.2 Å². The highest BCUT2D eigenvalue weighted by atomic mass is 19.4. The summed E-state index contributed by atoms with van der Waals surface area (Å²) in [6.07, 6.45) is -4.58. The first-order valence-corrected chi connectivity index (χ1v) is 12.3. The van der Waals surface area contributed by atoms with Gasteiger partial charge in [0.05, 0.1) is 24.8 Å². The van der Waals surface area contributed by atoms with E-state index < -0.39 is 41.9 Å². The number of carbonyl (C=O) groups is 2. The largest absolute Gasteiger partial charge is 0.472 e. The first-order chi connectivity index (χ1) is 18.3. The average Bonchev–Trinajstić information content (AvgIpc) is 2.88. The van der Waals surface area contributed by atoms with E-state index in [9.17, 15) is 33.0 Å². The number of aliphatic hydroxyl groups is 2. The van der Waals surface area contributed by atoms with E-state index in [0.717, 1.165) is 12.1 Å². The van der Waals surface area contributed by atoms with Crippen LogP contribution in [-0.4, -0.2) is 81.9 Å². The van der Waals surface area contributed by atoms with Gasteiger partial charge in [-0.2, -0.15) is 13.2 Å². The van der Waals surface area contributed by atoms with Crippen LogP contribution >= 0.6 is 0 Å². The van der Waals surface area contributed by atoms with Crippen LogP contribution in [0.2, 0.25) is 0 Å². The standard InChI is InChI=1S/C27H31F3N4O5/c1-16-13-34(17(2)15-35)25(37)22-11-19(6-5-18(3)36)12-31-24(22)39-23(16)14-33(4)26(38)32-21-9-7-20(8-10-21)27(28,29)30/h7-12,16-18,23,35-36H,13-15H2,1-4H3,(H,32,38)/t16-,17+,18-,23-/m1/s1. The molecule has 1 aliphatic rings. The van der Waals surface area contributed by atoms with Crippen LogP contribution in [0, 0.1) is 17.8 Å². The van der Waals surface area contributed by atoms with Gasteiger partial charge in [-0.1, -0.05) is 18.8 Å². The molecule has 0 radical (unpaired) electrons. The van der Waals surface area contributed by atoms with Crippen molar-refractivity contribution in [1.82, 2.24) is 14.8 Å². The van der Waals surface area contributed by atoms with Gasteiger partial charge < -0.3 is 30.1 Å². The number of likely N-dealkylation sites (N-methyl/N-ethyl adjacent to an activating group) is 1. The third kappa shape index (κ3) is 7.61. The van der Waals surface area contributed by atoms with Gasteiger partial charge in [-0.3, -0.25) is 4.79 Å². The predicted molar refractivity (Wildman–Crippen MR) is 137 cm³/mol. The number of aromatic nitrogens is 1. The van der Waals surface area contributed by atoms with Crippen LogP contribution in [-0.2, 0) is 6.18 Å². The van der Waals surface area contributed by atoms with E-state index in [-0.39, 0.29) is 42.7 Å². The smallest absolute Gasteiger partial charge is 0.416 e. The van der Waals surface area contributed by atoms with Gasteiger partial charge in [-0.25, -0.2) is 9.78 Å². The lowest BCUT2D eigenvalue weighted by Gasteiger charge is -2.37. The van der Waals surface area contributed by atoms with Crippen LogP contribution in [0.25, 0.3) is 0 Å². The molecule has 3 N–H and O–H groups in total. The molecule has 0 saturated carbocycles. The van der Waals surface area contributed by atoms with Gasteiger partial charge in [-0.15, -0.1) is 0 Å². The molecular formula is C27H31F3N4O5. The lowest BCUT2D eigenvalue weighted by Crippen LogP contribution is -2.50. The van der Waals surface area contributed by atoms with Crippen LogP contribution in [0.5, 0.6) is 5.88 Å². The number of hydrogen-bond donors (Lipinski definition) is 3. The Bertz CT molecular complexity index is 1240. The van der Waals surface area contributed by atoms with Crippen molar-refractivity contribution in [3.05, 3.63) is 53.2 Å². The molecule has 0 fully saturated rings. The van der Waals surface area contributed by atoms with E-state index in [1.807, 2.05) is 6.92 Å². The van der Waals surface area contributed by atoms with E-state index in [4.69, 9.17) is 4.74 Å². The Labute approximate surface area is 224 Å². The molecule has 9 nitrogen and oxygen atoms in total. The number of fused-ring (bicyclic) bond motifs is 1. The number of anilines is 1. The highest BCUT2D eigenvalue weighted by molar-refractivity contribution is 5.97. The Hall–Kier alpha value is -3.82. The lowest BCUT2D eigenvalue weighted by atomic mass is 10.00. The Balaban J connectivity index is 1.84. The molecule has 0 spiro atoms. The summed E-state index contributed by atoms with van der Waals surface area (Å²) in [5.41, 5.74) is -0.117.